The molecule has 1 N–H and O–H groups in total. The van der Waals surface area contributed by atoms with Gasteiger partial charge in [0.2, 0.25) is 5.91 Å². The molecule has 1 atom stereocenters. The molecular weight excluding hydrogens is 300 g/mol. The van der Waals surface area contributed by atoms with Crippen molar-refractivity contribution in [2.24, 2.45) is 0 Å². The van der Waals surface area contributed by atoms with Crippen molar-refractivity contribution in [3.63, 3.8) is 0 Å². The van der Waals surface area contributed by atoms with E-state index in [1.807, 2.05) is 6.92 Å². The zero-order valence-corrected chi connectivity index (χ0v) is 13.6. The maximum atomic E-state index is 12.1. The van der Waals surface area contributed by atoms with E-state index in [1.54, 1.807) is 4.90 Å². The number of nitrogens with zero attached hydrogens (tertiary/aromatic N) is 1. The van der Waals surface area contributed by atoms with Gasteiger partial charge >= 0.3 is 0 Å². The Morgan fingerprint density at radius 3 is 2.55 bits per heavy atom. The molecule has 1 saturated heterocycles. The molecule has 1 aliphatic carbocycles. The van der Waals surface area contributed by atoms with E-state index in [9.17, 15) is 13.2 Å². The summed E-state index contributed by atoms with van der Waals surface area (Å²) in [6, 6.07) is 0.162. The van der Waals surface area contributed by atoms with Gasteiger partial charge in [0.05, 0.1) is 11.0 Å². The van der Waals surface area contributed by atoms with Gasteiger partial charge in [-0.3, -0.25) is 4.79 Å². The van der Waals surface area contributed by atoms with Gasteiger partial charge < -0.3 is 10.2 Å². The summed E-state index contributed by atoms with van der Waals surface area (Å²) in [5.41, 5.74) is 0. The molecule has 1 heterocycles. The lowest BCUT2D eigenvalue weighted by molar-refractivity contribution is -0.133. The van der Waals surface area contributed by atoms with E-state index in [-0.39, 0.29) is 41.8 Å². The van der Waals surface area contributed by atoms with Crippen LogP contribution in [0.4, 0.5) is 0 Å². The van der Waals surface area contributed by atoms with Crippen LogP contribution in [0.3, 0.4) is 0 Å². The normalized spacial score (nSPS) is 24.4. The number of rotatable bonds is 4. The Kier molecular flexibility index (Phi) is 6.75. The van der Waals surface area contributed by atoms with Crippen molar-refractivity contribution in [1.29, 1.82) is 0 Å². The minimum absolute atomic E-state index is 0. The molecule has 0 spiro atoms. The minimum atomic E-state index is -3.07. The Hall–Kier alpha value is -0.330. The van der Waals surface area contributed by atoms with Crippen LogP contribution in [0.25, 0.3) is 0 Å². The zero-order chi connectivity index (χ0) is 13.9. The molecule has 2 fully saturated rings. The van der Waals surface area contributed by atoms with Gasteiger partial charge in [-0.1, -0.05) is 12.8 Å². The van der Waals surface area contributed by atoms with Gasteiger partial charge in [-0.2, -0.15) is 0 Å². The number of nitrogens with one attached hydrogen (secondary N) is 1. The number of sulfone groups is 1. The first kappa shape index (κ1) is 17.7. The molecule has 118 valence electrons. The molecule has 20 heavy (non-hydrogen) atoms. The van der Waals surface area contributed by atoms with Crippen LogP contribution in [-0.2, 0) is 14.6 Å². The summed E-state index contributed by atoms with van der Waals surface area (Å²) in [7, 11) is -3.07. The lowest BCUT2D eigenvalue weighted by Crippen LogP contribution is -2.52. The van der Waals surface area contributed by atoms with Crippen molar-refractivity contribution < 1.29 is 13.2 Å². The lowest BCUT2D eigenvalue weighted by atomic mass is 10.2. The third-order valence-corrected chi connectivity index (χ3v) is 6.49. The van der Waals surface area contributed by atoms with Gasteiger partial charge in [0.1, 0.15) is 0 Å². The fourth-order valence-corrected chi connectivity index (χ4v) is 4.84. The molecule has 0 radical (unpaired) electrons. The Balaban J connectivity index is 0.00000200. The quantitative estimate of drug-likeness (QED) is 0.837. The molecular formula is C13H25ClN2O3S. The van der Waals surface area contributed by atoms with E-state index in [4.69, 9.17) is 0 Å². The highest BCUT2D eigenvalue weighted by molar-refractivity contribution is 7.92. The fraction of sp³-hybridized carbons (Fsp3) is 0.923. The number of carbonyl (C=O) groups is 1. The van der Waals surface area contributed by atoms with Crippen LogP contribution in [0, 0.1) is 0 Å². The Morgan fingerprint density at radius 1 is 1.30 bits per heavy atom. The monoisotopic (exact) mass is 324 g/mol. The maximum absolute atomic E-state index is 12.1. The molecule has 1 saturated carbocycles. The molecule has 0 aromatic heterocycles. The Labute approximate surface area is 127 Å². The summed E-state index contributed by atoms with van der Waals surface area (Å²) < 4.78 is 24.2. The van der Waals surface area contributed by atoms with Gasteiger partial charge in [0, 0.05) is 32.1 Å². The number of halogens is 1. The first-order valence-electron chi connectivity index (χ1n) is 7.22. The highest BCUT2D eigenvalue weighted by Crippen LogP contribution is 2.25. The zero-order valence-electron chi connectivity index (χ0n) is 12.0. The molecule has 0 unspecified atom stereocenters. The van der Waals surface area contributed by atoms with E-state index >= 15 is 0 Å². The van der Waals surface area contributed by atoms with Crippen molar-refractivity contribution in [2.45, 2.75) is 50.3 Å². The van der Waals surface area contributed by atoms with Crippen LogP contribution >= 0.6 is 12.4 Å². The van der Waals surface area contributed by atoms with E-state index in [2.05, 4.69) is 5.32 Å². The molecule has 2 rings (SSSR count). The summed E-state index contributed by atoms with van der Waals surface area (Å²) >= 11 is 0. The Bertz CT molecular complexity index is 421. The SMILES string of the molecule is C[C@H]1CNCCN1C(=O)CCS(=O)(=O)C1CCCC1.Cl. The minimum Gasteiger partial charge on any atom is -0.337 e. The highest BCUT2D eigenvalue weighted by atomic mass is 35.5. The van der Waals surface area contributed by atoms with Crippen LogP contribution in [-0.4, -0.2) is 55.9 Å². The van der Waals surface area contributed by atoms with Gasteiger partial charge in [-0.15, -0.1) is 12.4 Å². The van der Waals surface area contributed by atoms with Gasteiger partial charge in [-0.05, 0) is 19.8 Å². The smallest absolute Gasteiger partial charge is 0.223 e. The number of hydrogen-bond acceptors (Lipinski definition) is 4. The van der Waals surface area contributed by atoms with Crippen molar-refractivity contribution >= 4 is 28.2 Å². The third-order valence-electron chi connectivity index (χ3n) is 4.23. The predicted octanol–water partition coefficient (Wildman–Crippen LogP) is 0.976. The molecule has 7 heteroatoms. The first-order chi connectivity index (χ1) is 9.00. The molecule has 1 amide bonds. The molecule has 2 aliphatic rings. The topological polar surface area (TPSA) is 66.5 Å². The molecule has 1 aliphatic heterocycles. The van der Waals surface area contributed by atoms with Gasteiger partial charge in [0.15, 0.2) is 9.84 Å². The average molecular weight is 325 g/mol. The highest BCUT2D eigenvalue weighted by Gasteiger charge is 2.30. The second kappa shape index (κ2) is 7.61. The van der Waals surface area contributed by atoms with Crippen molar-refractivity contribution in [2.75, 3.05) is 25.4 Å². The van der Waals surface area contributed by atoms with Gasteiger partial charge in [0.25, 0.3) is 0 Å². The van der Waals surface area contributed by atoms with Crippen molar-refractivity contribution in [3.05, 3.63) is 0 Å². The number of piperazine rings is 1. The second-order valence-electron chi connectivity index (χ2n) is 5.66. The first-order valence-corrected chi connectivity index (χ1v) is 8.94. The van der Waals surface area contributed by atoms with Crippen LogP contribution < -0.4 is 5.32 Å². The van der Waals surface area contributed by atoms with Crippen molar-refractivity contribution in [1.82, 2.24) is 10.2 Å². The van der Waals surface area contributed by atoms with Crippen LogP contribution in [0.5, 0.6) is 0 Å². The largest absolute Gasteiger partial charge is 0.337 e. The summed E-state index contributed by atoms with van der Waals surface area (Å²) in [6.45, 7) is 4.27. The average Bonchev–Trinajstić information content (AvgIpc) is 2.91. The van der Waals surface area contributed by atoms with E-state index in [0.29, 0.717) is 6.54 Å². The van der Waals surface area contributed by atoms with Crippen LogP contribution in [0.1, 0.15) is 39.0 Å². The number of carbonyl (C=O) groups excluding carboxylic acids is 1. The maximum Gasteiger partial charge on any atom is 0.223 e. The fourth-order valence-electron chi connectivity index (χ4n) is 3.00. The summed E-state index contributed by atoms with van der Waals surface area (Å²) in [4.78, 5) is 13.9. The summed E-state index contributed by atoms with van der Waals surface area (Å²) in [6.07, 6.45) is 3.71. The van der Waals surface area contributed by atoms with Crippen molar-refractivity contribution in [3.8, 4) is 0 Å². The molecule has 0 aromatic carbocycles. The molecule has 0 bridgehead atoms. The lowest BCUT2D eigenvalue weighted by Gasteiger charge is -2.34. The molecule has 0 aromatic rings. The summed E-state index contributed by atoms with van der Waals surface area (Å²) in [5.74, 6) is 0.00299. The predicted molar refractivity (Wildman–Crippen MR) is 82.0 cm³/mol. The van der Waals surface area contributed by atoms with Gasteiger partial charge in [-0.25, -0.2) is 8.42 Å². The molecule has 5 nitrogen and oxygen atoms in total. The van der Waals surface area contributed by atoms with Crippen LogP contribution in [0.2, 0.25) is 0 Å². The Morgan fingerprint density at radius 2 is 1.95 bits per heavy atom. The van der Waals surface area contributed by atoms with E-state index in [0.717, 1.165) is 38.8 Å². The summed E-state index contributed by atoms with van der Waals surface area (Å²) in [5, 5.41) is 3.03. The van der Waals surface area contributed by atoms with E-state index < -0.39 is 9.84 Å². The third kappa shape index (κ3) is 4.33. The number of hydrogen-bond donors (Lipinski definition) is 1. The standard InChI is InChI=1S/C13H24N2O3S.ClH/c1-11-10-14-7-8-15(11)13(16)6-9-19(17,18)12-4-2-3-5-12;/h11-12,14H,2-10H2,1H3;1H/t11-;/m0./s1. The van der Waals surface area contributed by atoms with E-state index in [1.165, 1.54) is 0 Å². The van der Waals surface area contributed by atoms with Crippen LogP contribution in [0.15, 0.2) is 0 Å². The number of amides is 1. The second-order valence-corrected chi connectivity index (χ2v) is 8.06.